The summed E-state index contributed by atoms with van der Waals surface area (Å²) in [7, 11) is 0. The second-order valence-electron chi connectivity index (χ2n) is 4.30. The lowest BCUT2D eigenvalue weighted by Gasteiger charge is -2.11. The molecule has 0 amide bonds. The van der Waals surface area contributed by atoms with Crippen molar-refractivity contribution in [2.75, 3.05) is 0 Å². The zero-order valence-corrected chi connectivity index (χ0v) is 10.7. The predicted octanol–water partition coefficient (Wildman–Crippen LogP) is 2.82. The van der Waals surface area contributed by atoms with E-state index in [9.17, 15) is 14.4 Å². The van der Waals surface area contributed by atoms with Crippen molar-refractivity contribution < 1.29 is 19.5 Å². The molecule has 0 heterocycles. The molecule has 1 aromatic carbocycles. The summed E-state index contributed by atoms with van der Waals surface area (Å²) in [5.74, 6) is -1.76. The topological polar surface area (TPSA) is 71.4 Å². The number of carbonyl (C=O) groups excluding carboxylic acids is 2. The molecule has 0 saturated carbocycles. The number of hydrogen-bond donors (Lipinski definition) is 1. The van der Waals surface area contributed by atoms with Gasteiger partial charge in [0, 0.05) is 17.0 Å². The van der Waals surface area contributed by atoms with E-state index in [2.05, 4.69) is 0 Å². The minimum Gasteiger partial charge on any atom is -0.478 e. The van der Waals surface area contributed by atoms with Crippen LogP contribution in [0.1, 0.15) is 58.3 Å². The summed E-state index contributed by atoms with van der Waals surface area (Å²) in [5.41, 5.74) is 0.508. The molecule has 18 heavy (non-hydrogen) atoms. The van der Waals surface area contributed by atoms with Crippen molar-refractivity contribution in [2.24, 2.45) is 5.92 Å². The largest absolute Gasteiger partial charge is 0.478 e. The highest BCUT2D eigenvalue weighted by Gasteiger charge is 2.20. The summed E-state index contributed by atoms with van der Waals surface area (Å²) in [6.45, 7) is 5.00. The predicted molar refractivity (Wildman–Crippen MR) is 67.2 cm³/mol. The van der Waals surface area contributed by atoms with Gasteiger partial charge in [0.15, 0.2) is 11.6 Å². The molecule has 1 rings (SSSR count). The number of aromatic carboxylic acids is 1. The lowest BCUT2D eigenvalue weighted by atomic mass is 9.91. The van der Waals surface area contributed by atoms with Crippen LogP contribution in [-0.4, -0.2) is 22.6 Å². The number of rotatable bonds is 5. The molecule has 1 aromatic rings. The maximum Gasteiger partial charge on any atom is 0.335 e. The van der Waals surface area contributed by atoms with Gasteiger partial charge in [-0.1, -0.05) is 13.8 Å². The smallest absolute Gasteiger partial charge is 0.335 e. The van der Waals surface area contributed by atoms with E-state index in [0.717, 1.165) is 0 Å². The van der Waals surface area contributed by atoms with Gasteiger partial charge in [0.1, 0.15) is 0 Å². The van der Waals surface area contributed by atoms with E-state index in [-0.39, 0.29) is 34.2 Å². The first-order valence-corrected chi connectivity index (χ1v) is 5.81. The van der Waals surface area contributed by atoms with E-state index in [1.54, 1.807) is 6.92 Å². The summed E-state index contributed by atoms with van der Waals surface area (Å²) in [6.07, 6.45) is 0.646. The van der Waals surface area contributed by atoms with Gasteiger partial charge in [-0.25, -0.2) is 4.79 Å². The van der Waals surface area contributed by atoms with Gasteiger partial charge in [-0.2, -0.15) is 0 Å². The van der Waals surface area contributed by atoms with Crippen LogP contribution < -0.4 is 0 Å². The SMILES string of the molecule is CCC(C)C(=O)c1cc(C(=O)O)ccc1C(C)=O. The molecular weight excluding hydrogens is 232 g/mol. The first-order valence-electron chi connectivity index (χ1n) is 5.81. The fourth-order valence-electron chi connectivity index (χ4n) is 1.64. The monoisotopic (exact) mass is 248 g/mol. The van der Waals surface area contributed by atoms with Crippen molar-refractivity contribution in [3.8, 4) is 0 Å². The molecule has 0 aliphatic heterocycles. The minimum absolute atomic E-state index is 0.0200. The average molecular weight is 248 g/mol. The molecule has 0 radical (unpaired) electrons. The fourth-order valence-corrected chi connectivity index (χ4v) is 1.64. The normalized spacial score (nSPS) is 11.9. The van der Waals surface area contributed by atoms with Crippen LogP contribution in [0.15, 0.2) is 18.2 Å². The number of carboxylic acid groups (broad SMARTS) is 1. The number of ketones is 2. The molecule has 96 valence electrons. The van der Waals surface area contributed by atoms with Crippen LogP contribution in [0.25, 0.3) is 0 Å². The quantitative estimate of drug-likeness (QED) is 0.813. The van der Waals surface area contributed by atoms with Crippen LogP contribution in [0.5, 0.6) is 0 Å². The van der Waals surface area contributed by atoms with E-state index >= 15 is 0 Å². The molecule has 4 nitrogen and oxygen atoms in total. The molecule has 1 N–H and O–H groups in total. The minimum atomic E-state index is -1.11. The third-order valence-corrected chi connectivity index (χ3v) is 2.97. The molecule has 0 aliphatic rings. The Morgan fingerprint density at radius 1 is 1.22 bits per heavy atom. The zero-order chi connectivity index (χ0) is 13.9. The maximum absolute atomic E-state index is 12.1. The summed E-state index contributed by atoms with van der Waals surface area (Å²) in [5, 5.41) is 8.92. The Morgan fingerprint density at radius 2 is 1.83 bits per heavy atom. The zero-order valence-electron chi connectivity index (χ0n) is 10.7. The Balaban J connectivity index is 3.36. The van der Waals surface area contributed by atoms with E-state index in [1.807, 2.05) is 6.92 Å². The van der Waals surface area contributed by atoms with Crippen molar-refractivity contribution in [2.45, 2.75) is 27.2 Å². The van der Waals surface area contributed by atoms with Crippen LogP contribution in [0.2, 0.25) is 0 Å². The molecule has 1 unspecified atom stereocenters. The Bertz CT molecular complexity index is 503. The first kappa shape index (κ1) is 14.1. The summed E-state index contributed by atoms with van der Waals surface area (Å²) < 4.78 is 0. The number of hydrogen-bond acceptors (Lipinski definition) is 3. The molecule has 4 heteroatoms. The summed E-state index contributed by atoms with van der Waals surface area (Å²) >= 11 is 0. The second-order valence-corrected chi connectivity index (χ2v) is 4.30. The Kier molecular flexibility index (Phi) is 4.37. The van der Waals surface area contributed by atoms with Crippen LogP contribution >= 0.6 is 0 Å². The van der Waals surface area contributed by atoms with E-state index in [4.69, 9.17) is 5.11 Å². The first-order chi connectivity index (χ1) is 8.38. The van der Waals surface area contributed by atoms with Gasteiger partial charge >= 0.3 is 5.97 Å². The standard InChI is InChI=1S/C14H16O4/c1-4-8(2)13(16)12-7-10(14(17)18)5-6-11(12)9(3)15/h5-8H,4H2,1-3H3,(H,17,18). The van der Waals surface area contributed by atoms with Crippen molar-refractivity contribution >= 4 is 17.5 Å². The van der Waals surface area contributed by atoms with Crippen molar-refractivity contribution in [3.05, 3.63) is 34.9 Å². The van der Waals surface area contributed by atoms with E-state index < -0.39 is 5.97 Å². The van der Waals surface area contributed by atoms with Gasteiger partial charge in [0.25, 0.3) is 0 Å². The Morgan fingerprint density at radius 3 is 2.28 bits per heavy atom. The lowest BCUT2D eigenvalue weighted by Crippen LogP contribution is -2.15. The lowest BCUT2D eigenvalue weighted by molar-refractivity contribution is 0.0696. The van der Waals surface area contributed by atoms with Gasteiger partial charge in [-0.05, 0) is 31.5 Å². The summed E-state index contributed by atoms with van der Waals surface area (Å²) in [6, 6.07) is 4.03. The molecular formula is C14H16O4. The highest BCUT2D eigenvalue weighted by atomic mass is 16.4. The van der Waals surface area contributed by atoms with Gasteiger partial charge in [-0.15, -0.1) is 0 Å². The van der Waals surface area contributed by atoms with Crippen molar-refractivity contribution in [1.29, 1.82) is 0 Å². The van der Waals surface area contributed by atoms with Crippen LogP contribution in [0, 0.1) is 5.92 Å². The fraction of sp³-hybridized carbons (Fsp3) is 0.357. The summed E-state index contributed by atoms with van der Waals surface area (Å²) in [4.78, 5) is 34.5. The van der Waals surface area contributed by atoms with Gasteiger partial charge in [0.05, 0.1) is 5.56 Å². The highest BCUT2D eigenvalue weighted by Crippen LogP contribution is 2.19. The second kappa shape index (κ2) is 5.58. The van der Waals surface area contributed by atoms with E-state index in [1.165, 1.54) is 25.1 Å². The van der Waals surface area contributed by atoms with Gasteiger partial charge < -0.3 is 5.11 Å². The molecule has 0 fully saturated rings. The molecule has 0 aromatic heterocycles. The number of carbonyl (C=O) groups is 3. The number of benzene rings is 1. The van der Waals surface area contributed by atoms with Gasteiger partial charge in [-0.3, -0.25) is 9.59 Å². The number of carboxylic acids is 1. The molecule has 0 saturated heterocycles. The van der Waals surface area contributed by atoms with E-state index in [0.29, 0.717) is 6.42 Å². The van der Waals surface area contributed by atoms with Crippen molar-refractivity contribution in [1.82, 2.24) is 0 Å². The van der Waals surface area contributed by atoms with Crippen molar-refractivity contribution in [3.63, 3.8) is 0 Å². The van der Waals surface area contributed by atoms with Crippen LogP contribution in [0.3, 0.4) is 0 Å². The molecule has 0 aliphatic carbocycles. The van der Waals surface area contributed by atoms with Crippen LogP contribution in [-0.2, 0) is 0 Å². The molecule has 1 atom stereocenters. The third-order valence-electron chi connectivity index (χ3n) is 2.97. The average Bonchev–Trinajstić information content (AvgIpc) is 2.35. The Hall–Kier alpha value is -1.97. The molecule has 0 bridgehead atoms. The maximum atomic E-state index is 12.1. The highest BCUT2D eigenvalue weighted by molar-refractivity contribution is 6.10. The van der Waals surface area contributed by atoms with Gasteiger partial charge in [0.2, 0.25) is 0 Å². The number of Topliss-reactive ketones (excluding diaryl/α,β-unsaturated/α-hetero) is 2. The Labute approximate surface area is 106 Å². The third kappa shape index (κ3) is 2.83. The molecule has 0 spiro atoms. The van der Waals surface area contributed by atoms with Crippen LogP contribution in [0.4, 0.5) is 0 Å².